The predicted molar refractivity (Wildman–Crippen MR) is 149 cm³/mol. The van der Waals surface area contributed by atoms with Gasteiger partial charge in [-0.25, -0.2) is 9.37 Å². The Kier molecular flexibility index (Phi) is 8.92. The van der Waals surface area contributed by atoms with Crippen LogP contribution in [-0.4, -0.2) is 56.0 Å². The van der Waals surface area contributed by atoms with Gasteiger partial charge in [-0.05, 0) is 68.0 Å². The lowest BCUT2D eigenvalue weighted by molar-refractivity contribution is 0.00323. The van der Waals surface area contributed by atoms with E-state index in [4.69, 9.17) is 14.5 Å². The van der Waals surface area contributed by atoms with E-state index in [0.717, 1.165) is 26.5 Å². The Morgan fingerprint density at radius 3 is 2.49 bits per heavy atom. The van der Waals surface area contributed by atoms with Gasteiger partial charge < -0.3 is 19.5 Å². The second kappa shape index (κ2) is 12.1. The molecule has 2 unspecified atom stereocenters. The maximum Gasteiger partial charge on any atom is 0.217 e. The van der Waals surface area contributed by atoms with Crippen molar-refractivity contribution in [2.45, 2.75) is 17.9 Å². The van der Waals surface area contributed by atoms with Crippen molar-refractivity contribution in [3.8, 4) is 5.88 Å². The van der Waals surface area contributed by atoms with Gasteiger partial charge in [-0.15, -0.1) is 0 Å². The molecule has 0 saturated heterocycles. The van der Waals surface area contributed by atoms with Crippen LogP contribution in [0.2, 0.25) is 0 Å². The molecule has 0 saturated carbocycles. The van der Waals surface area contributed by atoms with Gasteiger partial charge in [0.25, 0.3) is 0 Å². The first-order chi connectivity index (χ1) is 17.8. The molecule has 0 bridgehead atoms. The van der Waals surface area contributed by atoms with E-state index in [1.807, 2.05) is 73.6 Å². The minimum absolute atomic E-state index is 0.302. The molecule has 1 N–H and O–H groups in total. The molecule has 0 spiro atoms. The molecule has 3 aromatic carbocycles. The summed E-state index contributed by atoms with van der Waals surface area (Å²) in [7, 11) is 5.53. The van der Waals surface area contributed by atoms with E-state index in [0.29, 0.717) is 37.6 Å². The van der Waals surface area contributed by atoms with Crippen LogP contribution >= 0.6 is 15.9 Å². The SMILES string of the molecule is COCCOc1nc2ccc(Br)cc2cc1C(c1ccccc1)C(O)(CCN(C)C)c1cccc(F)c1. The molecule has 1 heterocycles. The normalized spacial score (nSPS) is 14.0. The van der Waals surface area contributed by atoms with Crippen LogP contribution in [0.4, 0.5) is 4.39 Å². The van der Waals surface area contributed by atoms with Crippen molar-refractivity contribution >= 4 is 26.8 Å². The predicted octanol–water partition coefficient (Wildman–Crippen LogP) is 6.13. The monoisotopic (exact) mass is 566 g/mol. The number of hydrogen-bond donors (Lipinski definition) is 1. The van der Waals surface area contributed by atoms with Crippen LogP contribution in [0.15, 0.2) is 83.3 Å². The van der Waals surface area contributed by atoms with Crippen LogP contribution in [0.3, 0.4) is 0 Å². The number of ether oxygens (including phenoxy) is 2. The summed E-state index contributed by atoms with van der Waals surface area (Å²) in [4.78, 5) is 6.87. The van der Waals surface area contributed by atoms with Gasteiger partial charge in [0, 0.05) is 35.0 Å². The van der Waals surface area contributed by atoms with Crippen molar-refractivity contribution in [3.63, 3.8) is 0 Å². The molecular weight excluding hydrogens is 535 g/mol. The molecule has 0 radical (unpaired) electrons. The van der Waals surface area contributed by atoms with Crippen LogP contribution in [0, 0.1) is 5.82 Å². The fourth-order valence-electron chi connectivity index (χ4n) is 4.66. The molecule has 7 heteroatoms. The smallest absolute Gasteiger partial charge is 0.217 e. The molecule has 0 aliphatic carbocycles. The fourth-order valence-corrected chi connectivity index (χ4v) is 5.03. The largest absolute Gasteiger partial charge is 0.475 e. The average Bonchev–Trinajstić information content (AvgIpc) is 2.88. The zero-order chi connectivity index (χ0) is 26.4. The van der Waals surface area contributed by atoms with Gasteiger partial charge >= 0.3 is 0 Å². The number of methoxy groups -OCH3 is 1. The minimum atomic E-state index is -1.46. The van der Waals surface area contributed by atoms with E-state index >= 15 is 0 Å². The van der Waals surface area contributed by atoms with Crippen molar-refractivity contribution < 1.29 is 19.0 Å². The van der Waals surface area contributed by atoms with Gasteiger partial charge in [0.1, 0.15) is 18.0 Å². The highest BCUT2D eigenvalue weighted by atomic mass is 79.9. The maximum atomic E-state index is 14.5. The summed E-state index contributed by atoms with van der Waals surface area (Å²) in [5.74, 6) is -0.575. The average molecular weight is 567 g/mol. The Bertz CT molecular complexity index is 1340. The number of fused-ring (bicyclic) bond motifs is 1. The van der Waals surface area contributed by atoms with Crippen molar-refractivity contribution in [1.29, 1.82) is 0 Å². The number of benzene rings is 3. The maximum absolute atomic E-state index is 14.5. The van der Waals surface area contributed by atoms with Crippen molar-refractivity contribution in [2.75, 3.05) is 41.0 Å². The van der Waals surface area contributed by atoms with Crippen molar-refractivity contribution in [3.05, 3.63) is 106 Å². The highest BCUT2D eigenvalue weighted by Gasteiger charge is 2.42. The number of rotatable bonds is 11. The van der Waals surface area contributed by atoms with E-state index in [1.54, 1.807) is 19.2 Å². The Hall–Kier alpha value is -2.84. The Morgan fingerprint density at radius 1 is 1.00 bits per heavy atom. The van der Waals surface area contributed by atoms with E-state index in [9.17, 15) is 9.50 Å². The Balaban J connectivity index is 2.00. The summed E-state index contributed by atoms with van der Waals surface area (Å²) in [5, 5.41) is 13.5. The van der Waals surface area contributed by atoms with E-state index in [2.05, 4.69) is 15.9 Å². The minimum Gasteiger partial charge on any atom is -0.475 e. The lowest BCUT2D eigenvalue weighted by atomic mass is 9.71. The van der Waals surface area contributed by atoms with Gasteiger partial charge in [0.15, 0.2) is 0 Å². The molecule has 194 valence electrons. The second-order valence-corrected chi connectivity index (χ2v) is 10.3. The van der Waals surface area contributed by atoms with E-state index < -0.39 is 17.3 Å². The first-order valence-electron chi connectivity index (χ1n) is 12.2. The second-order valence-electron chi connectivity index (χ2n) is 9.39. The summed E-state index contributed by atoms with van der Waals surface area (Å²) in [6, 6.07) is 23.9. The number of hydrogen-bond acceptors (Lipinski definition) is 5. The lowest BCUT2D eigenvalue weighted by Crippen LogP contribution is -2.38. The van der Waals surface area contributed by atoms with E-state index in [1.165, 1.54) is 12.1 Å². The lowest BCUT2D eigenvalue weighted by Gasteiger charge is -2.39. The summed E-state index contributed by atoms with van der Waals surface area (Å²) < 4.78 is 26.8. The highest BCUT2D eigenvalue weighted by molar-refractivity contribution is 9.10. The summed E-state index contributed by atoms with van der Waals surface area (Å²) in [5.41, 5.74) is 1.40. The van der Waals surface area contributed by atoms with Crippen LogP contribution in [-0.2, 0) is 10.3 Å². The Labute approximate surface area is 226 Å². The highest BCUT2D eigenvalue weighted by Crippen LogP contribution is 2.47. The third kappa shape index (κ3) is 6.36. The summed E-state index contributed by atoms with van der Waals surface area (Å²) >= 11 is 3.56. The number of aliphatic hydroxyl groups is 1. The van der Waals surface area contributed by atoms with E-state index in [-0.39, 0.29) is 0 Å². The number of pyridine rings is 1. The summed E-state index contributed by atoms with van der Waals surface area (Å²) in [6.45, 7) is 1.28. The molecule has 4 aromatic rings. The topological polar surface area (TPSA) is 54.8 Å². The molecule has 5 nitrogen and oxygen atoms in total. The van der Waals surface area contributed by atoms with Crippen LogP contribution in [0.25, 0.3) is 10.9 Å². The zero-order valence-electron chi connectivity index (χ0n) is 21.3. The molecule has 0 fully saturated rings. The van der Waals surface area contributed by atoms with Gasteiger partial charge in [-0.3, -0.25) is 0 Å². The standard InChI is InChI=1S/C30H32BrFN2O3/c1-34(2)15-14-30(35,23-10-7-11-25(32)20-23)28(21-8-5-4-6-9-21)26-19-22-18-24(31)12-13-27(22)33-29(26)37-17-16-36-3/h4-13,18-20,28,35H,14-17H2,1-3H3. The van der Waals surface area contributed by atoms with Gasteiger partial charge in [-0.2, -0.15) is 0 Å². The first kappa shape index (κ1) is 27.2. The molecule has 4 rings (SSSR count). The quantitative estimate of drug-likeness (QED) is 0.221. The van der Waals surface area contributed by atoms with Crippen LogP contribution in [0.1, 0.15) is 29.0 Å². The molecule has 1 aromatic heterocycles. The number of aromatic nitrogens is 1. The third-order valence-corrected chi connectivity index (χ3v) is 6.98. The molecule has 2 atom stereocenters. The molecule has 0 aliphatic heterocycles. The van der Waals surface area contributed by atoms with Gasteiger partial charge in [0.2, 0.25) is 5.88 Å². The molecule has 37 heavy (non-hydrogen) atoms. The van der Waals surface area contributed by atoms with Crippen LogP contribution < -0.4 is 4.74 Å². The zero-order valence-corrected chi connectivity index (χ0v) is 22.9. The Morgan fingerprint density at radius 2 is 1.78 bits per heavy atom. The molecule has 0 aliphatic rings. The fraction of sp³-hybridized carbons (Fsp3) is 0.300. The van der Waals surface area contributed by atoms with Gasteiger partial charge in [-0.1, -0.05) is 58.4 Å². The molecular formula is C30H32BrFN2O3. The van der Waals surface area contributed by atoms with Gasteiger partial charge in [0.05, 0.1) is 12.1 Å². The van der Waals surface area contributed by atoms with Crippen molar-refractivity contribution in [2.24, 2.45) is 0 Å². The third-order valence-electron chi connectivity index (χ3n) is 6.48. The first-order valence-corrected chi connectivity index (χ1v) is 13.0. The number of nitrogens with zero attached hydrogens (tertiary/aromatic N) is 2. The van der Waals surface area contributed by atoms with Crippen LogP contribution in [0.5, 0.6) is 5.88 Å². The molecule has 0 amide bonds. The summed E-state index contributed by atoms with van der Waals surface area (Å²) in [6.07, 6.45) is 0.358. The number of halogens is 2. The van der Waals surface area contributed by atoms with Crippen molar-refractivity contribution in [1.82, 2.24) is 9.88 Å².